The predicted molar refractivity (Wildman–Crippen MR) is 291 cm³/mol. The lowest BCUT2D eigenvalue weighted by atomic mass is 9.82. The standard InChI is InChI=1S/C52H41N.C14H14/c1-4-34(5-2)35-26-27-46-48(31-35)52(47-32-36-16-6-7-17-39(36)40-18-8-9-19-41(40)47)45-23-11-10-22-44(45)51(46)37-28-33(3)29-38(30-37)53-49-24-14-12-20-42(49)43-21-13-15-25-50(43)53;1-11-7-3-5-9-13(11)14-10-6-4-8-12(14)2/h6-32,34H,4-5H2,1-3H3;3-10H,1-2H3. The average Bonchev–Trinajstić information content (AvgIpc) is 3.71. The third-order valence-electron chi connectivity index (χ3n) is 14.3. The van der Waals surface area contributed by atoms with Crippen LogP contribution in [-0.2, 0) is 0 Å². The van der Waals surface area contributed by atoms with E-state index < -0.39 is 0 Å². The number of nitrogens with zero attached hydrogens (tertiary/aromatic N) is 1. The van der Waals surface area contributed by atoms with Crippen molar-refractivity contribution < 1.29 is 0 Å². The molecule has 0 N–H and O–H groups in total. The zero-order valence-electron chi connectivity index (χ0n) is 39.1. The molecular formula is C66H55N. The lowest BCUT2D eigenvalue weighted by molar-refractivity contribution is 0.643. The second-order valence-electron chi connectivity index (χ2n) is 18.4. The summed E-state index contributed by atoms with van der Waals surface area (Å²) in [6.45, 7) is 11.2. The Labute approximate surface area is 394 Å². The van der Waals surface area contributed by atoms with Crippen molar-refractivity contribution in [3.8, 4) is 39.1 Å². The van der Waals surface area contributed by atoms with E-state index in [1.54, 1.807) is 0 Å². The molecule has 1 aromatic heterocycles. The Hall–Kier alpha value is -7.74. The van der Waals surface area contributed by atoms with Crippen LogP contribution in [0.3, 0.4) is 0 Å². The molecule has 0 aliphatic rings. The molecule has 324 valence electrons. The number of fused-ring (bicyclic) bond motifs is 8. The van der Waals surface area contributed by atoms with Crippen LogP contribution >= 0.6 is 0 Å². The Bertz CT molecular complexity index is 3720. The molecule has 0 spiro atoms. The van der Waals surface area contributed by atoms with Crippen LogP contribution in [0.1, 0.15) is 54.9 Å². The van der Waals surface area contributed by atoms with Gasteiger partial charge in [0.25, 0.3) is 0 Å². The molecule has 0 atom stereocenters. The smallest absolute Gasteiger partial charge is 0.0541 e. The van der Waals surface area contributed by atoms with Crippen molar-refractivity contribution in [2.45, 2.75) is 53.4 Å². The first-order valence-electron chi connectivity index (χ1n) is 24.0. The van der Waals surface area contributed by atoms with Crippen LogP contribution in [0.5, 0.6) is 0 Å². The van der Waals surface area contributed by atoms with Crippen molar-refractivity contribution in [2.24, 2.45) is 0 Å². The summed E-state index contributed by atoms with van der Waals surface area (Å²) in [6.07, 6.45) is 2.24. The maximum atomic E-state index is 2.53. The quantitative estimate of drug-likeness (QED) is 0.111. The molecule has 0 saturated heterocycles. The number of para-hydroxylation sites is 2. The lowest BCUT2D eigenvalue weighted by Crippen LogP contribution is -1.99. The molecule has 0 saturated carbocycles. The van der Waals surface area contributed by atoms with Crippen molar-refractivity contribution in [2.75, 3.05) is 0 Å². The number of rotatable bonds is 7. The van der Waals surface area contributed by atoms with Crippen LogP contribution in [0.4, 0.5) is 0 Å². The number of hydrogen-bond donors (Lipinski definition) is 0. The van der Waals surface area contributed by atoms with Crippen LogP contribution in [0, 0.1) is 20.8 Å². The van der Waals surface area contributed by atoms with E-state index in [0.29, 0.717) is 5.92 Å². The summed E-state index contributed by atoms with van der Waals surface area (Å²) < 4.78 is 2.45. The third kappa shape index (κ3) is 7.36. The minimum atomic E-state index is 0.511. The zero-order chi connectivity index (χ0) is 45.6. The summed E-state index contributed by atoms with van der Waals surface area (Å²) in [6, 6.07) is 78.5. The molecule has 0 radical (unpaired) electrons. The second kappa shape index (κ2) is 17.6. The third-order valence-corrected chi connectivity index (χ3v) is 14.3. The molecule has 0 bridgehead atoms. The minimum absolute atomic E-state index is 0.511. The fourth-order valence-corrected chi connectivity index (χ4v) is 11.1. The van der Waals surface area contributed by atoms with Crippen LogP contribution in [0.15, 0.2) is 212 Å². The largest absolute Gasteiger partial charge is 0.309 e. The van der Waals surface area contributed by atoms with Gasteiger partial charge in [-0.05, 0) is 169 Å². The highest BCUT2D eigenvalue weighted by atomic mass is 15.0. The highest BCUT2D eigenvalue weighted by Gasteiger charge is 2.22. The second-order valence-corrected chi connectivity index (χ2v) is 18.4. The van der Waals surface area contributed by atoms with Gasteiger partial charge >= 0.3 is 0 Å². The van der Waals surface area contributed by atoms with Crippen molar-refractivity contribution in [3.05, 3.63) is 235 Å². The number of benzene rings is 11. The summed E-state index contributed by atoms with van der Waals surface area (Å²) in [5, 5.41) is 12.9. The SMILES string of the molecule is CCC(CC)c1ccc2c(-c3cc(C)cc(-n4c5ccccc5c5ccccc54)c3)c3ccccc3c(-c3cc4ccccc4c4ccccc34)c2c1.Cc1ccccc1-c1ccccc1C. The van der Waals surface area contributed by atoms with Crippen LogP contribution in [-0.4, -0.2) is 4.57 Å². The molecule has 0 fully saturated rings. The topological polar surface area (TPSA) is 4.93 Å². The predicted octanol–water partition coefficient (Wildman–Crippen LogP) is 18.9. The number of aryl methyl sites for hydroxylation is 3. The van der Waals surface area contributed by atoms with E-state index in [4.69, 9.17) is 0 Å². The average molecular weight is 862 g/mol. The van der Waals surface area contributed by atoms with Gasteiger partial charge in [-0.15, -0.1) is 0 Å². The van der Waals surface area contributed by atoms with Gasteiger partial charge in [-0.1, -0.05) is 196 Å². The summed E-state index contributed by atoms with van der Waals surface area (Å²) in [5.74, 6) is 0.511. The number of hydrogen-bond acceptors (Lipinski definition) is 0. The first kappa shape index (κ1) is 41.9. The van der Waals surface area contributed by atoms with Crippen molar-refractivity contribution in [3.63, 3.8) is 0 Å². The molecule has 0 aliphatic heterocycles. The molecule has 0 unspecified atom stereocenters. The minimum Gasteiger partial charge on any atom is -0.309 e. The van der Waals surface area contributed by atoms with E-state index >= 15 is 0 Å². The Morgan fingerprint density at radius 3 is 1.46 bits per heavy atom. The lowest BCUT2D eigenvalue weighted by Gasteiger charge is -2.22. The summed E-state index contributed by atoms with van der Waals surface area (Å²) in [5.41, 5.74) is 16.8. The summed E-state index contributed by atoms with van der Waals surface area (Å²) >= 11 is 0. The van der Waals surface area contributed by atoms with E-state index in [0.717, 1.165) is 12.8 Å². The van der Waals surface area contributed by atoms with E-state index in [1.165, 1.54) is 126 Å². The van der Waals surface area contributed by atoms with Gasteiger partial charge in [0.1, 0.15) is 0 Å². The number of aromatic nitrogens is 1. The van der Waals surface area contributed by atoms with Crippen LogP contribution in [0.25, 0.3) is 104 Å². The van der Waals surface area contributed by atoms with Crippen molar-refractivity contribution in [1.82, 2.24) is 4.57 Å². The molecule has 0 aliphatic carbocycles. The molecule has 0 amide bonds. The van der Waals surface area contributed by atoms with Gasteiger partial charge in [0, 0.05) is 16.5 Å². The molecule has 67 heavy (non-hydrogen) atoms. The van der Waals surface area contributed by atoms with Crippen molar-refractivity contribution in [1.29, 1.82) is 0 Å². The molecule has 1 nitrogen and oxygen atoms in total. The first-order chi connectivity index (χ1) is 32.9. The molecule has 1 heteroatoms. The Kier molecular flexibility index (Phi) is 11.0. The van der Waals surface area contributed by atoms with Crippen LogP contribution in [0.2, 0.25) is 0 Å². The summed E-state index contributed by atoms with van der Waals surface area (Å²) in [7, 11) is 0. The fourth-order valence-electron chi connectivity index (χ4n) is 11.1. The molecule has 1 heterocycles. The normalized spacial score (nSPS) is 11.6. The highest BCUT2D eigenvalue weighted by molar-refractivity contribution is 6.26. The molecule has 11 aromatic carbocycles. The molecular weight excluding hydrogens is 807 g/mol. The van der Waals surface area contributed by atoms with Gasteiger partial charge in [0.2, 0.25) is 0 Å². The van der Waals surface area contributed by atoms with Gasteiger partial charge in [-0.3, -0.25) is 0 Å². The highest BCUT2D eigenvalue weighted by Crippen LogP contribution is 2.48. The summed E-state index contributed by atoms with van der Waals surface area (Å²) in [4.78, 5) is 0. The Morgan fingerprint density at radius 1 is 0.358 bits per heavy atom. The van der Waals surface area contributed by atoms with E-state index in [-0.39, 0.29) is 0 Å². The maximum Gasteiger partial charge on any atom is 0.0541 e. The van der Waals surface area contributed by atoms with Crippen LogP contribution < -0.4 is 0 Å². The van der Waals surface area contributed by atoms with Crippen molar-refractivity contribution >= 4 is 64.9 Å². The molecule has 12 aromatic rings. The van der Waals surface area contributed by atoms with Gasteiger partial charge < -0.3 is 4.57 Å². The van der Waals surface area contributed by atoms with Gasteiger partial charge in [0.05, 0.1) is 11.0 Å². The van der Waals surface area contributed by atoms with E-state index in [9.17, 15) is 0 Å². The molecule has 12 rings (SSSR count). The fraction of sp³-hybridized carbons (Fsp3) is 0.121. The van der Waals surface area contributed by atoms with Gasteiger partial charge in [0.15, 0.2) is 0 Å². The Balaban J connectivity index is 0.000000302. The van der Waals surface area contributed by atoms with Gasteiger partial charge in [-0.25, -0.2) is 0 Å². The Morgan fingerprint density at radius 2 is 0.851 bits per heavy atom. The monoisotopic (exact) mass is 861 g/mol. The first-order valence-corrected chi connectivity index (χ1v) is 24.0. The van der Waals surface area contributed by atoms with Gasteiger partial charge in [-0.2, -0.15) is 0 Å². The van der Waals surface area contributed by atoms with E-state index in [2.05, 4.69) is 252 Å². The zero-order valence-corrected chi connectivity index (χ0v) is 39.1. The van der Waals surface area contributed by atoms with E-state index in [1.807, 2.05) is 0 Å². The maximum absolute atomic E-state index is 2.53.